The van der Waals surface area contributed by atoms with Crippen LogP contribution in [-0.2, 0) is 16.1 Å². The number of anilines is 2. The highest BCUT2D eigenvalue weighted by Gasteiger charge is 2.28. The average molecular weight is 446 g/mol. The lowest BCUT2D eigenvalue weighted by Gasteiger charge is -2.31. The van der Waals surface area contributed by atoms with Crippen molar-refractivity contribution in [2.24, 2.45) is 5.92 Å². The number of piperidine rings is 1. The number of aromatic nitrogens is 2. The van der Waals surface area contributed by atoms with E-state index in [1.807, 2.05) is 34.9 Å². The van der Waals surface area contributed by atoms with Crippen LogP contribution in [0.5, 0.6) is 0 Å². The Morgan fingerprint density at radius 2 is 1.70 bits per heavy atom. The highest BCUT2D eigenvalue weighted by Crippen LogP contribution is 2.22. The molecule has 8 nitrogen and oxygen atoms in total. The number of imidazole rings is 1. The van der Waals surface area contributed by atoms with E-state index in [-0.39, 0.29) is 23.6 Å². The third-order valence-electron chi connectivity index (χ3n) is 5.74. The molecule has 0 radical (unpaired) electrons. The topological polar surface area (TPSA) is 96.3 Å². The molecule has 0 unspecified atom stereocenters. The Morgan fingerprint density at radius 1 is 0.939 bits per heavy atom. The van der Waals surface area contributed by atoms with Gasteiger partial charge < -0.3 is 20.1 Å². The predicted molar refractivity (Wildman–Crippen MR) is 126 cm³/mol. The first-order chi connectivity index (χ1) is 16.1. The Kier molecular flexibility index (Phi) is 7.14. The van der Waals surface area contributed by atoms with Crippen LogP contribution in [-0.4, -0.2) is 45.3 Å². The van der Waals surface area contributed by atoms with Gasteiger partial charge in [0, 0.05) is 61.3 Å². The second-order valence-corrected chi connectivity index (χ2v) is 8.10. The van der Waals surface area contributed by atoms with Gasteiger partial charge >= 0.3 is 0 Å². The van der Waals surface area contributed by atoms with Crippen molar-refractivity contribution in [3.05, 3.63) is 78.9 Å². The Bertz CT molecular complexity index is 1090. The Morgan fingerprint density at radius 3 is 2.42 bits per heavy atom. The number of benzene rings is 2. The first-order valence-electron chi connectivity index (χ1n) is 11.1. The number of hydrogen-bond donors (Lipinski definition) is 2. The first-order valence-corrected chi connectivity index (χ1v) is 11.1. The molecule has 2 heterocycles. The van der Waals surface area contributed by atoms with Crippen LogP contribution < -0.4 is 10.6 Å². The maximum Gasteiger partial charge on any atom is 0.253 e. The second-order valence-electron chi connectivity index (χ2n) is 8.10. The van der Waals surface area contributed by atoms with Crippen molar-refractivity contribution >= 4 is 29.1 Å². The largest absolute Gasteiger partial charge is 0.339 e. The number of carbonyl (C=O) groups is 3. The molecule has 0 atom stereocenters. The molecule has 33 heavy (non-hydrogen) atoms. The Hall–Kier alpha value is -3.94. The Labute approximate surface area is 192 Å². The summed E-state index contributed by atoms with van der Waals surface area (Å²) in [6, 6.07) is 16.4. The van der Waals surface area contributed by atoms with Gasteiger partial charge in [0.2, 0.25) is 11.8 Å². The molecule has 3 aromatic rings. The number of nitrogens with one attached hydrogen (secondary N) is 2. The molecule has 3 amide bonds. The number of hydrogen-bond acceptors (Lipinski definition) is 4. The van der Waals surface area contributed by atoms with Crippen molar-refractivity contribution in [3.63, 3.8) is 0 Å². The van der Waals surface area contributed by atoms with Gasteiger partial charge in [-0.1, -0.05) is 24.3 Å². The van der Waals surface area contributed by atoms with Crippen LogP contribution in [0.3, 0.4) is 0 Å². The number of aryl methyl sites for hydroxylation is 1. The van der Waals surface area contributed by atoms with Crippen LogP contribution in [0.4, 0.5) is 11.4 Å². The van der Waals surface area contributed by atoms with E-state index in [1.165, 1.54) is 0 Å². The fourth-order valence-corrected chi connectivity index (χ4v) is 3.90. The van der Waals surface area contributed by atoms with Crippen LogP contribution >= 0.6 is 0 Å². The van der Waals surface area contributed by atoms with Gasteiger partial charge in [0.25, 0.3) is 5.91 Å². The lowest BCUT2D eigenvalue weighted by atomic mass is 9.95. The summed E-state index contributed by atoms with van der Waals surface area (Å²) < 4.78 is 1.84. The zero-order chi connectivity index (χ0) is 23.0. The number of para-hydroxylation sites is 1. The molecule has 0 saturated carbocycles. The number of carbonyl (C=O) groups excluding carboxylic acids is 3. The van der Waals surface area contributed by atoms with Gasteiger partial charge in [0.1, 0.15) is 0 Å². The van der Waals surface area contributed by atoms with E-state index in [4.69, 9.17) is 0 Å². The van der Waals surface area contributed by atoms with E-state index in [1.54, 1.807) is 47.9 Å². The second kappa shape index (κ2) is 10.6. The average Bonchev–Trinajstić information content (AvgIpc) is 3.37. The Balaban J connectivity index is 1.28. The quantitative estimate of drug-likeness (QED) is 0.583. The van der Waals surface area contributed by atoms with Gasteiger partial charge in [-0.3, -0.25) is 14.4 Å². The van der Waals surface area contributed by atoms with Crippen LogP contribution in [0.25, 0.3) is 0 Å². The summed E-state index contributed by atoms with van der Waals surface area (Å²) >= 11 is 0. The molecule has 1 saturated heterocycles. The lowest BCUT2D eigenvalue weighted by Crippen LogP contribution is -2.41. The first kappa shape index (κ1) is 22.3. The number of amides is 3. The maximum atomic E-state index is 13.0. The molecule has 1 aliphatic heterocycles. The number of likely N-dealkylation sites (tertiary alicyclic amines) is 1. The molecule has 8 heteroatoms. The smallest absolute Gasteiger partial charge is 0.253 e. The summed E-state index contributed by atoms with van der Waals surface area (Å²) in [5.41, 5.74) is 1.90. The molecule has 0 aliphatic carbocycles. The van der Waals surface area contributed by atoms with Gasteiger partial charge in [-0.05, 0) is 43.2 Å². The molecular formula is C25H27N5O3. The van der Waals surface area contributed by atoms with E-state index in [2.05, 4.69) is 15.6 Å². The van der Waals surface area contributed by atoms with Gasteiger partial charge in [-0.15, -0.1) is 0 Å². The van der Waals surface area contributed by atoms with Crippen molar-refractivity contribution in [3.8, 4) is 0 Å². The monoisotopic (exact) mass is 445 g/mol. The van der Waals surface area contributed by atoms with Gasteiger partial charge in [0.05, 0.1) is 6.33 Å². The minimum atomic E-state index is -0.126. The van der Waals surface area contributed by atoms with E-state index in [0.717, 1.165) is 5.69 Å². The predicted octanol–water partition coefficient (Wildman–Crippen LogP) is 3.40. The fourth-order valence-electron chi connectivity index (χ4n) is 3.90. The summed E-state index contributed by atoms with van der Waals surface area (Å²) in [5, 5.41) is 5.80. The van der Waals surface area contributed by atoms with Gasteiger partial charge in [-0.25, -0.2) is 4.98 Å². The minimum absolute atomic E-state index is 0.00583. The van der Waals surface area contributed by atoms with Crippen molar-refractivity contribution in [2.45, 2.75) is 25.8 Å². The fraction of sp³-hybridized carbons (Fsp3) is 0.280. The number of rotatable bonds is 7. The van der Waals surface area contributed by atoms with E-state index in [0.29, 0.717) is 50.1 Å². The highest BCUT2D eigenvalue weighted by molar-refractivity contribution is 5.97. The van der Waals surface area contributed by atoms with Crippen molar-refractivity contribution < 1.29 is 14.4 Å². The standard InChI is InChI=1S/C25H27N5O3/c31-23(11-13-29-16-12-26-18-29)27-22-8-4-5-20(17-22)25(33)30-14-9-19(10-15-30)24(32)28-21-6-2-1-3-7-21/h1-8,12,16-19H,9-11,13-15H2,(H,27,31)(H,28,32). The van der Waals surface area contributed by atoms with E-state index in [9.17, 15) is 14.4 Å². The van der Waals surface area contributed by atoms with E-state index < -0.39 is 0 Å². The third kappa shape index (κ3) is 6.06. The molecular weight excluding hydrogens is 418 g/mol. The van der Waals surface area contributed by atoms with Gasteiger partial charge in [0.15, 0.2) is 0 Å². The van der Waals surface area contributed by atoms with Crippen molar-refractivity contribution in [1.29, 1.82) is 0 Å². The van der Waals surface area contributed by atoms with Crippen LogP contribution in [0.1, 0.15) is 29.6 Å². The number of nitrogens with zero attached hydrogens (tertiary/aromatic N) is 3. The highest BCUT2D eigenvalue weighted by atomic mass is 16.2. The van der Waals surface area contributed by atoms with Crippen molar-refractivity contribution in [1.82, 2.24) is 14.5 Å². The zero-order valence-corrected chi connectivity index (χ0v) is 18.3. The molecule has 0 spiro atoms. The summed E-state index contributed by atoms with van der Waals surface area (Å²) in [4.78, 5) is 43.5. The molecule has 170 valence electrons. The molecule has 1 aliphatic rings. The van der Waals surface area contributed by atoms with Gasteiger partial charge in [-0.2, -0.15) is 0 Å². The SMILES string of the molecule is O=C(CCn1ccnc1)Nc1cccc(C(=O)N2CCC(C(=O)Nc3ccccc3)CC2)c1. The van der Waals surface area contributed by atoms with Crippen LogP contribution in [0.15, 0.2) is 73.3 Å². The van der Waals surface area contributed by atoms with Crippen LogP contribution in [0.2, 0.25) is 0 Å². The molecule has 4 rings (SSSR count). The lowest BCUT2D eigenvalue weighted by molar-refractivity contribution is -0.121. The van der Waals surface area contributed by atoms with Crippen LogP contribution in [0, 0.1) is 5.92 Å². The summed E-state index contributed by atoms with van der Waals surface area (Å²) in [6.07, 6.45) is 6.70. The normalized spacial score (nSPS) is 14.0. The summed E-state index contributed by atoms with van der Waals surface area (Å²) in [6.45, 7) is 1.58. The van der Waals surface area contributed by atoms with E-state index >= 15 is 0 Å². The molecule has 0 bridgehead atoms. The molecule has 2 N–H and O–H groups in total. The minimum Gasteiger partial charge on any atom is -0.339 e. The third-order valence-corrected chi connectivity index (χ3v) is 5.74. The zero-order valence-electron chi connectivity index (χ0n) is 18.3. The molecule has 1 aromatic heterocycles. The molecule has 2 aromatic carbocycles. The maximum absolute atomic E-state index is 13.0. The summed E-state index contributed by atoms with van der Waals surface area (Å²) in [5.74, 6) is -0.339. The van der Waals surface area contributed by atoms with Crippen molar-refractivity contribution in [2.75, 3.05) is 23.7 Å². The molecule has 1 fully saturated rings. The summed E-state index contributed by atoms with van der Waals surface area (Å²) in [7, 11) is 0.